The lowest BCUT2D eigenvalue weighted by atomic mass is 9.86. The Kier molecular flexibility index (Phi) is 3.80. The van der Waals surface area contributed by atoms with E-state index in [4.69, 9.17) is 0 Å². The highest BCUT2D eigenvalue weighted by atomic mass is 32.1. The van der Waals surface area contributed by atoms with Crippen LogP contribution in [0, 0.1) is 0 Å². The molecule has 0 unspecified atom stereocenters. The molecule has 3 aromatic rings. The largest absolute Gasteiger partial charge is 0.479 e. The Bertz CT molecular complexity index is 924. The van der Waals surface area contributed by atoms with E-state index < -0.39 is 11.5 Å². The quantitative estimate of drug-likeness (QED) is 0.784. The first kappa shape index (κ1) is 15.8. The molecule has 1 fully saturated rings. The van der Waals surface area contributed by atoms with Gasteiger partial charge in [-0.05, 0) is 36.4 Å². The van der Waals surface area contributed by atoms with Gasteiger partial charge in [-0.1, -0.05) is 12.1 Å². The Morgan fingerprint density at radius 1 is 1.16 bits per heavy atom. The van der Waals surface area contributed by atoms with E-state index in [0.29, 0.717) is 31.5 Å². The SMILES string of the molecule is O=C(c1ccsc1)N1CCC(C(=O)O)(n2cnc3ccccc32)CC1. The highest BCUT2D eigenvalue weighted by Crippen LogP contribution is 2.34. The van der Waals surface area contributed by atoms with Crippen LogP contribution in [0.2, 0.25) is 0 Å². The molecule has 0 saturated carbocycles. The zero-order valence-corrected chi connectivity index (χ0v) is 14.3. The van der Waals surface area contributed by atoms with Gasteiger partial charge in [0.15, 0.2) is 0 Å². The van der Waals surface area contributed by atoms with E-state index in [1.807, 2.05) is 35.0 Å². The number of nitrogens with zero attached hydrogens (tertiary/aromatic N) is 3. The van der Waals surface area contributed by atoms with Gasteiger partial charge in [-0.2, -0.15) is 11.3 Å². The summed E-state index contributed by atoms with van der Waals surface area (Å²) in [7, 11) is 0. The summed E-state index contributed by atoms with van der Waals surface area (Å²) in [6, 6.07) is 9.32. The number of rotatable bonds is 3. The van der Waals surface area contributed by atoms with Crippen molar-refractivity contribution in [2.75, 3.05) is 13.1 Å². The van der Waals surface area contributed by atoms with E-state index in [1.54, 1.807) is 21.9 Å². The van der Waals surface area contributed by atoms with Gasteiger partial charge in [-0.15, -0.1) is 0 Å². The topological polar surface area (TPSA) is 75.4 Å². The van der Waals surface area contributed by atoms with Crippen LogP contribution in [0.1, 0.15) is 23.2 Å². The number of aromatic nitrogens is 2. The number of aliphatic carboxylic acids is 1. The van der Waals surface area contributed by atoms with Gasteiger partial charge in [0, 0.05) is 18.5 Å². The Hall–Kier alpha value is -2.67. The van der Waals surface area contributed by atoms with Crippen molar-refractivity contribution >= 4 is 34.2 Å². The molecule has 1 aromatic carbocycles. The summed E-state index contributed by atoms with van der Waals surface area (Å²) in [4.78, 5) is 30.8. The van der Waals surface area contributed by atoms with E-state index in [-0.39, 0.29) is 5.91 Å². The molecule has 7 heteroatoms. The summed E-state index contributed by atoms with van der Waals surface area (Å²) in [5.74, 6) is -0.908. The third kappa shape index (κ3) is 2.51. The van der Waals surface area contributed by atoms with Crippen LogP contribution in [-0.2, 0) is 10.3 Å². The van der Waals surface area contributed by atoms with Crippen LogP contribution in [-0.4, -0.2) is 44.5 Å². The van der Waals surface area contributed by atoms with Gasteiger partial charge in [0.25, 0.3) is 5.91 Å². The molecule has 0 aliphatic carbocycles. The number of amides is 1. The number of carbonyl (C=O) groups is 2. The second kappa shape index (κ2) is 6.00. The number of likely N-dealkylation sites (tertiary alicyclic amines) is 1. The maximum Gasteiger partial charge on any atom is 0.330 e. The van der Waals surface area contributed by atoms with Gasteiger partial charge >= 0.3 is 5.97 Å². The summed E-state index contributed by atoms with van der Waals surface area (Å²) in [5, 5.41) is 13.7. The van der Waals surface area contributed by atoms with Gasteiger partial charge < -0.3 is 14.6 Å². The molecule has 3 heterocycles. The molecule has 1 amide bonds. The second-order valence-corrected chi connectivity index (χ2v) is 7.02. The maximum absolute atomic E-state index is 12.5. The average Bonchev–Trinajstić information content (AvgIpc) is 3.31. The van der Waals surface area contributed by atoms with Crippen molar-refractivity contribution in [1.82, 2.24) is 14.5 Å². The molecule has 1 aliphatic heterocycles. The molecule has 1 N–H and O–H groups in total. The number of piperidine rings is 1. The summed E-state index contributed by atoms with van der Waals surface area (Å²) in [6.07, 6.45) is 2.33. The van der Waals surface area contributed by atoms with E-state index in [2.05, 4.69) is 4.98 Å². The Balaban J connectivity index is 1.64. The van der Waals surface area contributed by atoms with Crippen molar-refractivity contribution in [3.8, 4) is 0 Å². The number of fused-ring (bicyclic) bond motifs is 1. The van der Waals surface area contributed by atoms with E-state index in [9.17, 15) is 14.7 Å². The van der Waals surface area contributed by atoms with Gasteiger partial charge in [-0.25, -0.2) is 9.78 Å². The fourth-order valence-corrected chi connectivity index (χ4v) is 4.14. The molecule has 0 bridgehead atoms. The molecule has 2 aromatic heterocycles. The van der Waals surface area contributed by atoms with Crippen LogP contribution >= 0.6 is 11.3 Å². The number of hydrogen-bond donors (Lipinski definition) is 1. The lowest BCUT2D eigenvalue weighted by Gasteiger charge is -2.39. The molecule has 0 spiro atoms. The van der Waals surface area contributed by atoms with Gasteiger partial charge in [0.1, 0.15) is 5.54 Å². The Labute approximate surface area is 148 Å². The molecule has 0 atom stereocenters. The third-order valence-corrected chi connectivity index (χ3v) is 5.64. The van der Waals surface area contributed by atoms with Gasteiger partial charge in [0.05, 0.1) is 22.9 Å². The number of para-hydroxylation sites is 2. The standard InChI is InChI=1S/C18H17N3O3S/c22-16(13-5-10-25-11-13)20-8-6-18(7-9-20,17(23)24)21-12-19-14-3-1-2-4-15(14)21/h1-5,10-12H,6-9H2,(H,23,24). The molecular formula is C18H17N3O3S. The number of carboxylic acid groups (broad SMARTS) is 1. The summed E-state index contributed by atoms with van der Waals surface area (Å²) < 4.78 is 1.76. The third-order valence-electron chi connectivity index (χ3n) is 4.96. The van der Waals surface area contributed by atoms with Crippen molar-refractivity contribution in [2.45, 2.75) is 18.4 Å². The summed E-state index contributed by atoms with van der Waals surface area (Å²) >= 11 is 1.48. The normalized spacial score (nSPS) is 16.9. The molecule has 25 heavy (non-hydrogen) atoms. The molecule has 1 saturated heterocycles. The molecule has 6 nitrogen and oxygen atoms in total. The molecule has 0 radical (unpaired) electrons. The first-order valence-corrected chi connectivity index (χ1v) is 9.03. The zero-order chi connectivity index (χ0) is 17.4. The molecule has 1 aliphatic rings. The van der Waals surface area contributed by atoms with Crippen LogP contribution in [0.25, 0.3) is 11.0 Å². The first-order valence-electron chi connectivity index (χ1n) is 8.09. The van der Waals surface area contributed by atoms with E-state index >= 15 is 0 Å². The van der Waals surface area contributed by atoms with Crippen molar-refractivity contribution in [3.63, 3.8) is 0 Å². The van der Waals surface area contributed by atoms with Crippen LogP contribution in [0.4, 0.5) is 0 Å². The highest BCUT2D eigenvalue weighted by Gasteiger charge is 2.44. The van der Waals surface area contributed by atoms with Crippen LogP contribution in [0.3, 0.4) is 0 Å². The molecule has 128 valence electrons. The van der Waals surface area contributed by atoms with Crippen molar-refractivity contribution in [1.29, 1.82) is 0 Å². The minimum absolute atomic E-state index is 0.0317. The number of carbonyl (C=O) groups excluding carboxylic acids is 1. The summed E-state index contributed by atoms with van der Waals surface area (Å²) in [5.41, 5.74) is 1.19. The number of thiophene rings is 1. The minimum atomic E-state index is -1.07. The van der Waals surface area contributed by atoms with Gasteiger partial charge in [-0.3, -0.25) is 4.79 Å². The Morgan fingerprint density at radius 2 is 1.92 bits per heavy atom. The fraction of sp³-hybridized carbons (Fsp3) is 0.278. The van der Waals surface area contributed by atoms with Crippen LogP contribution < -0.4 is 0 Å². The lowest BCUT2D eigenvalue weighted by Crippen LogP contribution is -2.52. The number of hydrogen-bond acceptors (Lipinski definition) is 4. The molecule has 4 rings (SSSR count). The van der Waals surface area contributed by atoms with Crippen LogP contribution in [0.15, 0.2) is 47.4 Å². The van der Waals surface area contributed by atoms with Crippen molar-refractivity contribution in [2.24, 2.45) is 0 Å². The van der Waals surface area contributed by atoms with E-state index in [1.165, 1.54) is 11.3 Å². The van der Waals surface area contributed by atoms with E-state index in [0.717, 1.165) is 11.0 Å². The number of benzene rings is 1. The first-order chi connectivity index (χ1) is 12.1. The average molecular weight is 355 g/mol. The number of carboxylic acids is 1. The van der Waals surface area contributed by atoms with Crippen molar-refractivity contribution < 1.29 is 14.7 Å². The summed E-state index contributed by atoms with van der Waals surface area (Å²) in [6.45, 7) is 0.820. The number of imidazole rings is 1. The van der Waals surface area contributed by atoms with Crippen molar-refractivity contribution in [3.05, 3.63) is 53.0 Å². The highest BCUT2D eigenvalue weighted by molar-refractivity contribution is 7.08. The lowest BCUT2D eigenvalue weighted by molar-refractivity contribution is -0.149. The monoisotopic (exact) mass is 355 g/mol. The predicted molar refractivity (Wildman–Crippen MR) is 94.8 cm³/mol. The van der Waals surface area contributed by atoms with Gasteiger partial charge in [0.2, 0.25) is 0 Å². The predicted octanol–water partition coefficient (Wildman–Crippen LogP) is 2.81. The van der Waals surface area contributed by atoms with Crippen LogP contribution in [0.5, 0.6) is 0 Å². The fourth-order valence-electron chi connectivity index (χ4n) is 3.51. The maximum atomic E-state index is 12.5. The second-order valence-electron chi connectivity index (χ2n) is 6.24. The Morgan fingerprint density at radius 3 is 2.60 bits per heavy atom. The smallest absolute Gasteiger partial charge is 0.330 e. The zero-order valence-electron chi connectivity index (χ0n) is 13.5. The minimum Gasteiger partial charge on any atom is -0.479 e. The molecular weight excluding hydrogens is 338 g/mol.